The normalized spacial score (nSPS) is 21.1. The van der Waals surface area contributed by atoms with Crippen LogP contribution in [0.3, 0.4) is 0 Å². The second kappa shape index (κ2) is 12.5. The molecule has 0 aliphatic carbocycles. The van der Waals surface area contributed by atoms with Crippen LogP contribution in [-0.2, 0) is 20.7 Å². The number of hydrogen-bond donors (Lipinski definition) is 1. The molecular weight excluding hydrogens is 414 g/mol. The number of piperazine rings is 1. The summed E-state index contributed by atoms with van der Waals surface area (Å²) in [5.41, 5.74) is 0.697. The number of nitrogens with zero attached hydrogens (tertiary/aromatic N) is 2. The van der Waals surface area contributed by atoms with E-state index < -0.39 is 11.6 Å². The van der Waals surface area contributed by atoms with Crippen LogP contribution in [0, 0.1) is 5.92 Å². The fourth-order valence-electron chi connectivity index (χ4n) is 5.25. The summed E-state index contributed by atoms with van der Waals surface area (Å²) in [5, 5.41) is 3.09. The van der Waals surface area contributed by atoms with Crippen LogP contribution in [0.1, 0.15) is 64.9 Å². The largest absolute Gasteiger partial charge is 0.382 e. The molecule has 33 heavy (non-hydrogen) atoms. The highest BCUT2D eigenvalue weighted by Gasteiger charge is 2.53. The lowest BCUT2D eigenvalue weighted by Gasteiger charge is -2.52. The highest BCUT2D eigenvalue weighted by Crippen LogP contribution is 2.34. The highest BCUT2D eigenvalue weighted by molar-refractivity contribution is 6.00. The number of rotatable bonds is 12. The molecule has 1 aromatic carbocycles. The van der Waals surface area contributed by atoms with Crippen LogP contribution in [0.25, 0.3) is 0 Å². The SMILES string of the molecule is CCOCCCN1C(=O)[C@H](CC(C)C)NC(=O)C12CCN(CCCCc1ccccc1)CC2. The molecule has 0 unspecified atom stereocenters. The number of hydrogen-bond acceptors (Lipinski definition) is 4. The number of likely N-dealkylation sites (tertiary alicyclic amines) is 1. The van der Waals surface area contributed by atoms with Gasteiger partial charge in [0.05, 0.1) is 0 Å². The van der Waals surface area contributed by atoms with E-state index in [1.54, 1.807) is 0 Å². The zero-order valence-electron chi connectivity index (χ0n) is 20.9. The molecule has 2 amide bonds. The number of carbonyl (C=O) groups is 2. The van der Waals surface area contributed by atoms with Crippen molar-refractivity contribution in [2.45, 2.75) is 77.3 Å². The fraction of sp³-hybridized carbons (Fsp3) is 0.704. The van der Waals surface area contributed by atoms with Gasteiger partial charge < -0.3 is 19.9 Å². The minimum atomic E-state index is -0.697. The Balaban J connectivity index is 1.56. The van der Waals surface area contributed by atoms with Crippen LogP contribution in [0.15, 0.2) is 30.3 Å². The van der Waals surface area contributed by atoms with Crippen LogP contribution < -0.4 is 5.32 Å². The lowest BCUT2D eigenvalue weighted by Crippen LogP contribution is -2.73. The van der Waals surface area contributed by atoms with Crippen LogP contribution >= 0.6 is 0 Å². The molecule has 3 rings (SSSR count). The molecular formula is C27H43N3O3. The molecule has 1 aromatic rings. The van der Waals surface area contributed by atoms with Gasteiger partial charge in [-0.3, -0.25) is 9.59 Å². The van der Waals surface area contributed by atoms with Crippen molar-refractivity contribution < 1.29 is 14.3 Å². The molecule has 2 saturated heterocycles. The Morgan fingerprint density at radius 1 is 1.06 bits per heavy atom. The van der Waals surface area contributed by atoms with Crippen LogP contribution in [0.2, 0.25) is 0 Å². The fourth-order valence-corrected chi connectivity index (χ4v) is 5.25. The van der Waals surface area contributed by atoms with E-state index in [1.165, 1.54) is 12.0 Å². The topological polar surface area (TPSA) is 61.9 Å². The summed E-state index contributed by atoms with van der Waals surface area (Å²) < 4.78 is 5.51. The second-order valence-electron chi connectivity index (χ2n) is 10.0. The minimum absolute atomic E-state index is 0.0490. The molecule has 0 bridgehead atoms. The van der Waals surface area contributed by atoms with Crippen LogP contribution in [0.5, 0.6) is 0 Å². The van der Waals surface area contributed by atoms with Gasteiger partial charge in [-0.15, -0.1) is 0 Å². The molecule has 2 heterocycles. The third-order valence-corrected chi connectivity index (χ3v) is 7.11. The standard InChI is InChI=1S/C27H43N3O3/c1-4-33-20-10-17-30-25(31)24(21-22(2)3)28-26(32)27(30)14-18-29(19-15-27)16-9-8-13-23-11-6-5-7-12-23/h5-7,11-12,22,24H,4,8-10,13-21H2,1-3H3,(H,28,32)/t24-/m0/s1. The first-order valence-electron chi connectivity index (χ1n) is 12.9. The van der Waals surface area contributed by atoms with Crippen LogP contribution in [0.4, 0.5) is 0 Å². The molecule has 2 aliphatic rings. The molecule has 6 nitrogen and oxygen atoms in total. The zero-order valence-corrected chi connectivity index (χ0v) is 20.9. The van der Waals surface area contributed by atoms with Crippen molar-refractivity contribution in [1.29, 1.82) is 0 Å². The molecule has 2 fully saturated rings. The number of nitrogens with one attached hydrogen (secondary N) is 1. The first-order chi connectivity index (χ1) is 16.0. The van der Waals surface area contributed by atoms with Gasteiger partial charge in [0.25, 0.3) is 0 Å². The number of amides is 2. The highest BCUT2D eigenvalue weighted by atomic mass is 16.5. The van der Waals surface area contributed by atoms with E-state index in [0.717, 1.165) is 38.9 Å². The van der Waals surface area contributed by atoms with E-state index >= 15 is 0 Å². The quantitative estimate of drug-likeness (QED) is 0.487. The predicted octanol–water partition coefficient (Wildman–Crippen LogP) is 3.64. The second-order valence-corrected chi connectivity index (χ2v) is 10.0. The van der Waals surface area contributed by atoms with E-state index in [4.69, 9.17) is 4.74 Å². The summed E-state index contributed by atoms with van der Waals surface area (Å²) in [7, 11) is 0. The van der Waals surface area contributed by atoms with E-state index in [2.05, 4.69) is 54.4 Å². The molecule has 6 heteroatoms. The summed E-state index contributed by atoms with van der Waals surface area (Å²) in [6.07, 6.45) is 6.33. The maximum atomic E-state index is 13.4. The maximum Gasteiger partial charge on any atom is 0.246 e. The molecule has 2 aliphatic heterocycles. The molecule has 0 aromatic heterocycles. The summed E-state index contributed by atoms with van der Waals surface area (Å²) in [4.78, 5) is 31.2. The Morgan fingerprint density at radius 2 is 1.79 bits per heavy atom. The van der Waals surface area contributed by atoms with Gasteiger partial charge in [0.15, 0.2) is 0 Å². The van der Waals surface area contributed by atoms with Crippen molar-refractivity contribution in [2.24, 2.45) is 5.92 Å². The van der Waals surface area contributed by atoms with E-state index in [0.29, 0.717) is 44.9 Å². The average Bonchev–Trinajstić information content (AvgIpc) is 2.81. The van der Waals surface area contributed by atoms with Gasteiger partial charge in [0.1, 0.15) is 11.6 Å². The van der Waals surface area contributed by atoms with Gasteiger partial charge in [0, 0.05) is 32.8 Å². The third-order valence-electron chi connectivity index (χ3n) is 7.11. The van der Waals surface area contributed by atoms with Crippen molar-refractivity contribution in [2.75, 3.05) is 39.4 Å². The predicted molar refractivity (Wildman–Crippen MR) is 132 cm³/mol. The van der Waals surface area contributed by atoms with E-state index in [1.807, 2.05) is 11.8 Å². The van der Waals surface area contributed by atoms with Crippen molar-refractivity contribution in [1.82, 2.24) is 15.1 Å². The van der Waals surface area contributed by atoms with Gasteiger partial charge in [0.2, 0.25) is 11.8 Å². The van der Waals surface area contributed by atoms with Crippen molar-refractivity contribution in [3.8, 4) is 0 Å². The molecule has 1 spiro atoms. The smallest absolute Gasteiger partial charge is 0.246 e. The Bertz CT molecular complexity index is 744. The first kappa shape index (κ1) is 25.7. The van der Waals surface area contributed by atoms with Gasteiger partial charge in [-0.1, -0.05) is 44.2 Å². The van der Waals surface area contributed by atoms with E-state index in [9.17, 15) is 9.59 Å². The Kier molecular flexibility index (Phi) is 9.75. The monoisotopic (exact) mass is 457 g/mol. The van der Waals surface area contributed by atoms with Gasteiger partial charge >= 0.3 is 0 Å². The molecule has 0 saturated carbocycles. The lowest BCUT2D eigenvalue weighted by molar-refractivity contribution is -0.162. The molecule has 184 valence electrons. The summed E-state index contributed by atoms with van der Waals surface area (Å²) in [6.45, 7) is 10.9. The minimum Gasteiger partial charge on any atom is -0.382 e. The van der Waals surface area contributed by atoms with Crippen LogP contribution in [-0.4, -0.2) is 72.6 Å². The van der Waals surface area contributed by atoms with Gasteiger partial charge in [-0.25, -0.2) is 0 Å². The lowest BCUT2D eigenvalue weighted by atomic mass is 9.80. The Labute approximate surface area is 200 Å². The number of piperidine rings is 1. The van der Waals surface area contributed by atoms with Crippen molar-refractivity contribution in [3.63, 3.8) is 0 Å². The number of aryl methyl sites for hydroxylation is 1. The van der Waals surface area contributed by atoms with Crippen molar-refractivity contribution >= 4 is 11.8 Å². The number of ether oxygens (including phenoxy) is 1. The third kappa shape index (κ3) is 6.80. The first-order valence-corrected chi connectivity index (χ1v) is 12.9. The number of benzene rings is 1. The van der Waals surface area contributed by atoms with E-state index in [-0.39, 0.29) is 11.8 Å². The van der Waals surface area contributed by atoms with Gasteiger partial charge in [-0.2, -0.15) is 0 Å². The maximum absolute atomic E-state index is 13.4. The summed E-state index contributed by atoms with van der Waals surface area (Å²) in [6, 6.07) is 10.2. The number of carbonyl (C=O) groups excluding carboxylic acids is 2. The Morgan fingerprint density at radius 3 is 2.45 bits per heavy atom. The molecule has 1 atom stereocenters. The molecule has 1 N–H and O–H groups in total. The zero-order chi connectivity index (χ0) is 23.7. The molecule has 0 radical (unpaired) electrons. The summed E-state index contributed by atoms with van der Waals surface area (Å²) >= 11 is 0. The average molecular weight is 458 g/mol. The summed E-state index contributed by atoms with van der Waals surface area (Å²) in [5.74, 6) is 0.500. The van der Waals surface area contributed by atoms with Crippen molar-refractivity contribution in [3.05, 3.63) is 35.9 Å². The van der Waals surface area contributed by atoms with Gasteiger partial charge in [-0.05, 0) is 69.9 Å². The number of unbranched alkanes of at least 4 members (excludes halogenated alkanes) is 1. The Hall–Kier alpha value is -1.92.